The van der Waals surface area contributed by atoms with Gasteiger partial charge in [-0.05, 0) is 55.3 Å². The molecule has 0 aromatic heterocycles. The average molecular weight is 588 g/mol. The summed E-state index contributed by atoms with van der Waals surface area (Å²) in [4.78, 5) is 13.3. The maximum absolute atomic E-state index is 13.4. The minimum Gasteiger partial charge on any atom is -0.495 e. The zero-order chi connectivity index (χ0) is 28.3. The molecule has 0 bridgehead atoms. The average Bonchev–Trinajstić information content (AvgIpc) is 2.97. The summed E-state index contributed by atoms with van der Waals surface area (Å²) in [6.45, 7) is 1.55. The van der Waals surface area contributed by atoms with Crippen LogP contribution in [0.2, 0.25) is 0 Å². The molecule has 0 radical (unpaired) electrons. The fourth-order valence-electron chi connectivity index (χ4n) is 4.55. The number of fused-ring (bicyclic) bond motifs is 1. The number of rotatable bonds is 8. The van der Waals surface area contributed by atoms with Crippen molar-refractivity contribution in [3.63, 3.8) is 0 Å². The topological polar surface area (TPSA) is 140 Å². The third-order valence-corrected chi connectivity index (χ3v) is 9.87. The molecule has 5 rings (SSSR count). The van der Waals surface area contributed by atoms with Gasteiger partial charge in [-0.15, -0.1) is 0 Å². The van der Waals surface area contributed by atoms with Crippen LogP contribution in [0.15, 0.2) is 70.5 Å². The van der Waals surface area contributed by atoms with Gasteiger partial charge in [0.2, 0.25) is 10.0 Å². The van der Waals surface area contributed by atoms with Gasteiger partial charge in [-0.2, -0.15) is 4.31 Å². The fourth-order valence-corrected chi connectivity index (χ4v) is 7.19. The van der Waals surface area contributed by atoms with Gasteiger partial charge in [0.25, 0.3) is 15.9 Å². The van der Waals surface area contributed by atoms with E-state index >= 15 is 0 Å². The van der Waals surface area contributed by atoms with Crippen LogP contribution in [0.1, 0.15) is 29.6 Å². The number of benzene rings is 3. The molecule has 3 aromatic carbocycles. The molecular formula is C27H29N3O8S2. The van der Waals surface area contributed by atoms with Crippen LogP contribution in [0.25, 0.3) is 0 Å². The summed E-state index contributed by atoms with van der Waals surface area (Å²) in [5, 5.41) is 2.68. The van der Waals surface area contributed by atoms with Crippen molar-refractivity contribution in [1.29, 1.82) is 0 Å². The number of para-hydroxylation sites is 1. The van der Waals surface area contributed by atoms with E-state index in [1.54, 1.807) is 12.1 Å². The summed E-state index contributed by atoms with van der Waals surface area (Å²) in [6, 6.07) is 14.6. The Kier molecular flexibility index (Phi) is 7.88. The van der Waals surface area contributed by atoms with Gasteiger partial charge < -0.3 is 19.5 Å². The molecule has 2 N–H and O–H groups in total. The van der Waals surface area contributed by atoms with Crippen molar-refractivity contribution in [2.45, 2.75) is 29.1 Å². The minimum atomic E-state index is -4.10. The number of nitrogens with zero attached hydrogens (tertiary/aromatic N) is 1. The Hall–Kier alpha value is -3.81. The molecule has 1 saturated heterocycles. The molecule has 0 saturated carbocycles. The van der Waals surface area contributed by atoms with Crippen LogP contribution in [0.5, 0.6) is 17.2 Å². The van der Waals surface area contributed by atoms with Crippen molar-refractivity contribution >= 4 is 37.3 Å². The van der Waals surface area contributed by atoms with E-state index in [2.05, 4.69) is 10.0 Å². The number of nitrogens with one attached hydrogen (secondary N) is 2. The van der Waals surface area contributed by atoms with Crippen molar-refractivity contribution in [3.05, 3.63) is 66.2 Å². The summed E-state index contributed by atoms with van der Waals surface area (Å²) in [5.41, 5.74) is 0.191. The van der Waals surface area contributed by atoms with Gasteiger partial charge in [-0.1, -0.05) is 18.6 Å². The van der Waals surface area contributed by atoms with Crippen molar-refractivity contribution < 1.29 is 35.8 Å². The van der Waals surface area contributed by atoms with Gasteiger partial charge in [0.05, 0.1) is 33.8 Å². The summed E-state index contributed by atoms with van der Waals surface area (Å²) in [5.74, 6) is 0.349. The number of piperidine rings is 1. The molecule has 2 heterocycles. The predicted octanol–water partition coefficient (Wildman–Crippen LogP) is 3.69. The zero-order valence-electron chi connectivity index (χ0n) is 21.8. The van der Waals surface area contributed by atoms with E-state index in [-0.39, 0.29) is 32.5 Å². The highest BCUT2D eigenvalue weighted by atomic mass is 32.2. The highest BCUT2D eigenvalue weighted by Crippen LogP contribution is 2.34. The summed E-state index contributed by atoms with van der Waals surface area (Å²) in [6.07, 6.45) is 2.56. The molecule has 0 atom stereocenters. The van der Waals surface area contributed by atoms with Crippen molar-refractivity contribution in [2.75, 3.05) is 43.5 Å². The van der Waals surface area contributed by atoms with E-state index in [0.29, 0.717) is 37.8 Å². The van der Waals surface area contributed by atoms with Gasteiger partial charge >= 0.3 is 0 Å². The molecule has 1 fully saturated rings. The Balaban J connectivity index is 1.41. The van der Waals surface area contributed by atoms with Crippen molar-refractivity contribution in [2.24, 2.45) is 0 Å². The van der Waals surface area contributed by atoms with E-state index in [1.165, 1.54) is 59.9 Å². The van der Waals surface area contributed by atoms with Gasteiger partial charge in [0.1, 0.15) is 19.0 Å². The second-order valence-electron chi connectivity index (χ2n) is 9.24. The number of ether oxygens (including phenoxy) is 3. The molecule has 1 amide bonds. The number of sulfonamides is 2. The predicted molar refractivity (Wildman–Crippen MR) is 148 cm³/mol. The Morgan fingerprint density at radius 2 is 1.52 bits per heavy atom. The van der Waals surface area contributed by atoms with E-state index < -0.39 is 26.0 Å². The molecule has 3 aromatic rings. The first kappa shape index (κ1) is 27.7. The van der Waals surface area contributed by atoms with E-state index in [0.717, 1.165) is 19.3 Å². The molecular weight excluding hydrogens is 558 g/mol. The fraction of sp³-hybridized carbons (Fsp3) is 0.296. The maximum atomic E-state index is 13.4. The lowest BCUT2D eigenvalue weighted by molar-refractivity contribution is 0.102. The van der Waals surface area contributed by atoms with Gasteiger partial charge in [0.15, 0.2) is 11.5 Å². The molecule has 11 nitrogen and oxygen atoms in total. The molecule has 0 aliphatic carbocycles. The van der Waals surface area contributed by atoms with Crippen LogP contribution in [-0.4, -0.2) is 60.5 Å². The molecule has 13 heteroatoms. The van der Waals surface area contributed by atoms with Crippen LogP contribution in [0, 0.1) is 0 Å². The lowest BCUT2D eigenvalue weighted by Crippen LogP contribution is -2.35. The maximum Gasteiger partial charge on any atom is 0.262 e. The normalized spacial score (nSPS) is 15.7. The van der Waals surface area contributed by atoms with Gasteiger partial charge in [0, 0.05) is 19.2 Å². The van der Waals surface area contributed by atoms with Crippen LogP contribution in [0.3, 0.4) is 0 Å². The lowest BCUT2D eigenvalue weighted by atomic mass is 10.1. The van der Waals surface area contributed by atoms with Crippen molar-refractivity contribution in [3.8, 4) is 17.2 Å². The summed E-state index contributed by atoms with van der Waals surface area (Å²) < 4.78 is 73.0. The second kappa shape index (κ2) is 11.4. The van der Waals surface area contributed by atoms with Crippen LogP contribution in [-0.2, 0) is 20.0 Å². The number of hydrogen-bond acceptors (Lipinski definition) is 8. The molecule has 2 aliphatic rings. The zero-order valence-corrected chi connectivity index (χ0v) is 23.4. The second-order valence-corrected chi connectivity index (χ2v) is 12.9. The highest BCUT2D eigenvalue weighted by molar-refractivity contribution is 7.92. The first-order valence-corrected chi connectivity index (χ1v) is 15.6. The Labute approximate surface area is 233 Å². The standard InChI is InChI=1S/C27H29N3O8S2/c1-36-24-11-10-20(40(34,35)30-13-5-2-6-14-30)17-23(24)28-27(31)21-7-3-4-8-22(21)29-39(32,33)19-9-12-25-26(18-19)38-16-15-37-25/h3-4,7-12,17-18,29H,2,5-6,13-16H2,1H3,(H,28,31). The monoisotopic (exact) mass is 587 g/mol. The molecule has 0 spiro atoms. The van der Waals surface area contributed by atoms with Gasteiger partial charge in [-0.3, -0.25) is 9.52 Å². The van der Waals surface area contributed by atoms with Crippen LogP contribution < -0.4 is 24.2 Å². The number of carbonyl (C=O) groups is 1. The molecule has 212 valence electrons. The number of anilines is 2. The third kappa shape index (κ3) is 5.71. The Bertz CT molecular complexity index is 1640. The SMILES string of the molecule is COc1ccc(S(=O)(=O)N2CCCCC2)cc1NC(=O)c1ccccc1NS(=O)(=O)c1ccc2c(c1)OCCO2. The quantitative estimate of drug-likeness (QED) is 0.407. The smallest absolute Gasteiger partial charge is 0.262 e. The van der Waals surface area contributed by atoms with Crippen molar-refractivity contribution in [1.82, 2.24) is 4.31 Å². The minimum absolute atomic E-state index is 0.0231. The number of hydrogen-bond donors (Lipinski definition) is 2. The van der Waals surface area contributed by atoms with Gasteiger partial charge in [-0.25, -0.2) is 16.8 Å². The van der Waals surface area contributed by atoms with Crippen LogP contribution in [0.4, 0.5) is 11.4 Å². The number of amides is 1. The Morgan fingerprint density at radius 3 is 2.27 bits per heavy atom. The number of carbonyl (C=O) groups excluding carboxylic acids is 1. The summed E-state index contributed by atoms with van der Waals surface area (Å²) in [7, 11) is -6.46. The third-order valence-electron chi connectivity index (χ3n) is 6.61. The molecule has 40 heavy (non-hydrogen) atoms. The van der Waals surface area contributed by atoms with E-state index in [9.17, 15) is 21.6 Å². The molecule has 0 unspecified atom stereocenters. The highest BCUT2D eigenvalue weighted by Gasteiger charge is 2.28. The first-order chi connectivity index (χ1) is 19.2. The molecule has 2 aliphatic heterocycles. The number of methoxy groups -OCH3 is 1. The van der Waals surface area contributed by atoms with E-state index in [1.807, 2.05) is 0 Å². The summed E-state index contributed by atoms with van der Waals surface area (Å²) >= 11 is 0. The van der Waals surface area contributed by atoms with Crippen LogP contribution >= 0.6 is 0 Å². The Morgan fingerprint density at radius 1 is 0.825 bits per heavy atom. The lowest BCUT2D eigenvalue weighted by Gasteiger charge is -2.26. The largest absolute Gasteiger partial charge is 0.495 e. The first-order valence-electron chi connectivity index (χ1n) is 12.7. The van der Waals surface area contributed by atoms with E-state index in [4.69, 9.17) is 14.2 Å².